The summed E-state index contributed by atoms with van der Waals surface area (Å²) in [6.45, 7) is 8.88. The van der Waals surface area contributed by atoms with Gasteiger partial charge in [-0.1, -0.05) is 35.5 Å². The van der Waals surface area contributed by atoms with E-state index in [9.17, 15) is 0 Å². The molecule has 1 fully saturated rings. The SMILES string of the molecule is CC(C)=C1C=C2C(=C1)[C@H]1C=C[C@H]2C1=C(C)C. The summed E-state index contributed by atoms with van der Waals surface area (Å²) in [5, 5.41) is 0. The minimum Gasteiger partial charge on any atom is -0.0760 e. The summed E-state index contributed by atoms with van der Waals surface area (Å²) in [6.07, 6.45) is 9.54. The number of rotatable bonds is 0. The largest absolute Gasteiger partial charge is 0.0760 e. The van der Waals surface area contributed by atoms with Gasteiger partial charge in [0.2, 0.25) is 0 Å². The van der Waals surface area contributed by atoms with E-state index in [1.54, 1.807) is 16.7 Å². The summed E-state index contributed by atoms with van der Waals surface area (Å²) in [5.41, 5.74) is 9.09. The molecule has 0 N–H and O–H groups in total. The van der Waals surface area contributed by atoms with Crippen molar-refractivity contribution < 1.29 is 0 Å². The first-order valence-corrected chi connectivity index (χ1v) is 6.06. The second kappa shape index (κ2) is 3.10. The zero-order valence-electron chi connectivity index (χ0n) is 10.5. The Morgan fingerprint density at radius 1 is 0.812 bits per heavy atom. The van der Waals surface area contributed by atoms with Crippen LogP contribution < -0.4 is 0 Å². The molecular formula is C16H18. The van der Waals surface area contributed by atoms with Gasteiger partial charge in [0.15, 0.2) is 0 Å². The summed E-state index contributed by atoms with van der Waals surface area (Å²) >= 11 is 0. The molecule has 0 aliphatic heterocycles. The third kappa shape index (κ3) is 1.10. The van der Waals surface area contributed by atoms with Gasteiger partial charge in [0, 0.05) is 11.8 Å². The van der Waals surface area contributed by atoms with Gasteiger partial charge in [0.1, 0.15) is 0 Å². The lowest BCUT2D eigenvalue weighted by Gasteiger charge is -2.07. The number of hydrogen-bond donors (Lipinski definition) is 0. The molecule has 2 atom stereocenters. The molecule has 0 saturated heterocycles. The average Bonchev–Trinajstić information content (AvgIpc) is 2.86. The van der Waals surface area contributed by atoms with E-state index in [1.165, 1.54) is 16.7 Å². The van der Waals surface area contributed by atoms with Crippen LogP contribution in [0, 0.1) is 11.8 Å². The van der Waals surface area contributed by atoms with Crippen molar-refractivity contribution in [2.45, 2.75) is 27.7 Å². The maximum absolute atomic E-state index is 2.39. The van der Waals surface area contributed by atoms with Crippen molar-refractivity contribution in [2.24, 2.45) is 11.8 Å². The molecule has 3 aliphatic rings. The normalized spacial score (nSPS) is 29.5. The highest BCUT2D eigenvalue weighted by molar-refractivity contribution is 5.68. The van der Waals surface area contributed by atoms with Gasteiger partial charge >= 0.3 is 0 Å². The lowest BCUT2D eigenvalue weighted by molar-refractivity contribution is 0.924. The molecule has 0 heteroatoms. The van der Waals surface area contributed by atoms with Gasteiger partial charge in [-0.2, -0.15) is 0 Å². The van der Waals surface area contributed by atoms with Crippen molar-refractivity contribution in [3.05, 3.63) is 57.7 Å². The van der Waals surface area contributed by atoms with Gasteiger partial charge < -0.3 is 0 Å². The van der Waals surface area contributed by atoms with Crippen molar-refractivity contribution in [2.75, 3.05) is 0 Å². The van der Waals surface area contributed by atoms with Crippen LogP contribution in [0.25, 0.3) is 0 Å². The molecule has 0 heterocycles. The molecule has 0 spiro atoms. The first-order valence-electron chi connectivity index (χ1n) is 6.06. The standard InChI is InChI=1S/C16H18/c1-9(2)11-7-14-12-5-6-13(15(14)8-11)16(12)10(3)4/h5-8,12-13H,1-4H3/t12-,13-/m1/s1. The maximum Gasteiger partial charge on any atom is 0.0243 e. The summed E-state index contributed by atoms with van der Waals surface area (Å²) < 4.78 is 0. The van der Waals surface area contributed by atoms with Gasteiger partial charge in [-0.25, -0.2) is 0 Å². The highest BCUT2D eigenvalue weighted by Crippen LogP contribution is 2.55. The van der Waals surface area contributed by atoms with Crippen LogP contribution in [0.3, 0.4) is 0 Å². The van der Waals surface area contributed by atoms with E-state index in [0.717, 1.165) is 0 Å². The fourth-order valence-corrected chi connectivity index (χ4v) is 3.16. The molecule has 3 rings (SSSR count). The predicted octanol–water partition coefficient (Wildman–Crippen LogP) is 4.34. The molecule has 0 unspecified atom stereocenters. The van der Waals surface area contributed by atoms with E-state index >= 15 is 0 Å². The van der Waals surface area contributed by atoms with Crippen LogP contribution in [0.15, 0.2) is 57.7 Å². The fraction of sp³-hybridized carbons (Fsp3) is 0.375. The van der Waals surface area contributed by atoms with Crippen LogP contribution in [0.1, 0.15) is 27.7 Å². The van der Waals surface area contributed by atoms with Crippen molar-refractivity contribution in [1.82, 2.24) is 0 Å². The van der Waals surface area contributed by atoms with Crippen LogP contribution in [0.5, 0.6) is 0 Å². The smallest absolute Gasteiger partial charge is 0.0243 e. The molecule has 0 aromatic carbocycles. The van der Waals surface area contributed by atoms with Gasteiger partial charge in [-0.05, 0) is 50.0 Å². The molecule has 2 bridgehead atoms. The fourth-order valence-electron chi connectivity index (χ4n) is 3.16. The Morgan fingerprint density at radius 2 is 1.31 bits per heavy atom. The molecule has 3 aliphatic carbocycles. The second-order valence-corrected chi connectivity index (χ2v) is 5.45. The third-order valence-electron chi connectivity index (χ3n) is 3.95. The van der Waals surface area contributed by atoms with Crippen molar-refractivity contribution in [1.29, 1.82) is 0 Å². The summed E-state index contributed by atoms with van der Waals surface area (Å²) in [6, 6.07) is 0. The monoisotopic (exact) mass is 210 g/mol. The highest BCUT2D eigenvalue weighted by Gasteiger charge is 2.42. The Kier molecular flexibility index (Phi) is 1.92. The van der Waals surface area contributed by atoms with Crippen LogP contribution in [0.2, 0.25) is 0 Å². The molecule has 0 radical (unpaired) electrons. The van der Waals surface area contributed by atoms with Crippen LogP contribution in [-0.2, 0) is 0 Å². The Labute approximate surface area is 97.7 Å². The van der Waals surface area contributed by atoms with Crippen molar-refractivity contribution >= 4 is 0 Å². The number of hydrogen-bond acceptors (Lipinski definition) is 0. The molecule has 0 aromatic rings. The van der Waals surface area contributed by atoms with E-state index in [-0.39, 0.29) is 0 Å². The quantitative estimate of drug-likeness (QED) is 0.522. The van der Waals surface area contributed by atoms with E-state index < -0.39 is 0 Å². The van der Waals surface area contributed by atoms with E-state index in [1.807, 2.05) is 0 Å². The maximum atomic E-state index is 2.39. The summed E-state index contributed by atoms with van der Waals surface area (Å²) in [4.78, 5) is 0. The van der Waals surface area contributed by atoms with Crippen LogP contribution >= 0.6 is 0 Å². The summed E-state index contributed by atoms with van der Waals surface area (Å²) in [5.74, 6) is 1.16. The zero-order valence-corrected chi connectivity index (χ0v) is 10.5. The first-order chi connectivity index (χ1) is 7.59. The summed E-state index contributed by atoms with van der Waals surface area (Å²) in [7, 11) is 0. The molecule has 0 amide bonds. The molecule has 0 aromatic heterocycles. The van der Waals surface area contributed by atoms with Gasteiger partial charge in [0.25, 0.3) is 0 Å². The second-order valence-electron chi connectivity index (χ2n) is 5.45. The lowest BCUT2D eigenvalue weighted by Crippen LogP contribution is -1.95. The topological polar surface area (TPSA) is 0 Å². The highest BCUT2D eigenvalue weighted by atomic mass is 14.5. The van der Waals surface area contributed by atoms with Gasteiger partial charge in [0.05, 0.1) is 0 Å². The molecule has 16 heavy (non-hydrogen) atoms. The minimum atomic E-state index is 0.582. The van der Waals surface area contributed by atoms with E-state index in [4.69, 9.17) is 0 Å². The Bertz CT molecular complexity index is 476. The van der Waals surface area contributed by atoms with Crippen LogP contribution in [-0.4, -0.2) is 0 Å². The molecular weight excluding hydrogens is 192 g/mol. The Balaban J connectivity index is 2.16. The van der Waals surface area contributed by atoms with Gasteiger partial charge in [-0.3, -0.25) is 0 Å². The van der Waals surface area contributed by atoms with E-state index in [0.29, 0.717) is 11.8 Å². The minimum absolute atomic E-state index is 0.582. The van der Waals surface area contributed by atoms with Gasteiger partial charge in [-0.15, -0.1) is 0 Å². The van der Waals surface area contributed by atoms with Crippen molar-refractivity contribution in [3.8, 4) is 0 Å². The predicted molar refractivity (Wildman–Crippen MR) is 69.0 cm³/mol. The molecule has 1 saturated carbocycles. The average molecular weight is 210 g/mol. The third-order valence-corrected chi connectivity index (χ3v) is 3.95. The number of allylic oxidation sites excluding steroid dienone is 10. The lowest BCUT2D eigenvalue weighted by atomic mass is 9.97. The van der Waals surface area contributed by atoms with Crippen molar-refractivity contribution in [3.63, 3.8) is 0 Å². The molecule has 82 valence electrons. The molecule has 0 nitrogen and oxygen atoms in total. The number of fused-ring (bicyclic) bond motifs is 5. The van der Waals surface area contributed by atoms with Crippen LogP contribution in [0.4, 0.5) is 0 Å². The zero-order chi connectivity index (χ0) is 11.4. The Morgan fingerprint density at radius 3 is 1.69 bits per heavy atom. The first kappa shape index (κ1) is 9.89. The van der Waals surface area contributed by atoms with E-state index in [2.05, 4.69) is 52.0 Å². The Hall–Kier alpha value is -1.30.